The van der Waals surface area contributed by atoms with Gasteiger partial charge in [-0.3, -0.25) is 0 Å². The van der Waals surface area contributed by atoms with Crippen molar-refractivity contribution in [2.75, 3.05) is 6.54 Å². The molecule has 1 saturated heterocycles. The third-order valence-corrected chi connectivity index (χ3v) is 4.65. The Morgan fingerprint density at radius 2 is 1.96 bits per heavy atom. The van der Waals surface area contributed by atoms with Crippen LogP contribution in [0.15, 0.2) is 48.5 Å². The van der Waals surface area contributed by atoms with Crippen molar-refractivity contribution in [1.82, 2.24) is 10.6 Å². The van der Waals surface area contributed by atoms with Crippen molar-refractivity contribution in [3.8, 4) is 5.75 Å². The van der Waals surface area contributed by atoms with Gasteiger partial charge in [0.05, 0.1) is 0 Å². The molecule has 3 rings (SSSR count). The maximum absolute atomic E-state index is 12.6. The van der Waals surface area contributed by atoms with Gasteiger partial charge in [-0.25, -0.2) is 0 Å². The van der Waals surface area contributed by atoms with Crippen molar-refractivity contribution in [2.45, 2.75) is 38.1 Å². The van der Waals surface area contributed by atoms with Gasteiger partial charge in [0.25, 0.3) is 0 Å². The summed E-state index contributed by atoms with van der Waals surface area (Å²) in [6.45, 7) is -1.47. The van der Waals surface area contributed by atoms with Crippen LogP contribution in [0.1, 0.15) is 30.0 Å². The fourth-order valence-electron chi connectivity index (χ4n) is 3.26. The fraction of sp³-hybridized carbons (Fsp3) is 0.368. The van der Waals surface area contributed by atoms with Gasteiger partial charge in [0.2, 0.25) is 0 Å². The van der Waals surface area contributed by atoms with Crippen molar-refractivity contribution in [1.29, 1.82) is 0 Å². The van der Waals surface area contributed by atoms with Gasteiger partial charge in [-0.1, -0.05) is 41.9 Å². The minimum Gasteiger partial charge on any atom is -0.434 e. The molecule has 0 aromatic heterocycles. The summed E-state index contributed by atoms with van der Waals surface area (Å²) in [4.78, 5) is 0. The van der Waals surface area contributed by atoms with E-state index in [2.05, 4.69) is 27.5 Å². The van der Waals surface area contributed by atoms with Gasteiger partial charge in [0, 0.05) is 29.2 Å². The summed E-state index contributed by atoms with van der Waals surface area (Å²) in [6, 6.07) is 15.3. The molecule has 0 radical (unpaired) electrons. The molecule has 1 aliphatic rings. The summed E-state index contributed by atoms with van der Waals surface area (Å²) >= 11 is 6.02. The Hall–Kier alpha value is -1.40. The van der Waals surface area contributed by atoms with Gasteiger partial charge in [0.1, 0.15) is 5.75 Å². The van der Waals surface area contributed by atoms with Crippen LogP contribution < -0.4 is 15.4 Å². The molecule has 1 aliphatic heterocycles. The SMILES string of the molecule is Cl.FC(F)Oc1ccc(Cl)cc1CN[C@H]1CCCN[C@H]1c1ccccc1. The summed E-state index contributed by atoms with van der Waals surface area (Å²) in [7, 11) is 0. The summed E-state index contributed by atoms with van der Waals surface area (Å²) in [6.07, 6.45) is 2.08. The molecule has 2 N–H and O–H groups in total. The molecule has 142 valence electrons. The number of halogens is 4. The molecular formula is C19H22Cl2F2N2O. The first kappa shape index (κ1) is 20.9. The third kappa shape index (κ3) is 5.55. The lowest BCUT2D eigenvalue weighted by molar-refractivity contribution is -0.0505. The molecule has 1 fully saturated rings. The Morgan fingerprint density at radius 3 is 2.69 bits per heavy atom. The number of nitrogens with one attached hydrogen (secondary N) is 2. The predicted octanol–water partition coefficient (Wildman–Crippen LogP) is 4.95. The average Bonchev–Trinajstić information content (AvgIpc) is 2.62. The second-order valence-corrected chi connectivity index (χ2v) is 6.54. The van der Waals surface area contributed by atoms with Gasteiger partial charge in [-0.15, -0.1) is 12.4 Å². The molecule has 0 bridgehead atoms. The smallest absolute Gasteiger partial charge is 0.387 e. The maximum atomic E-state index is 12.6. The highest BCUT2D eigenvalue weighted by molar-refractivity contribution is 6.30. The number of piperidine rings is 1. The molecule has 0 spiro atoms. The highest BCUT2D eigenvalue weighted by Crippen LogP contribution is 2.27. The lowest BCUT2D eigenvalue weighted by Gasteiger charge is -2.34. The highest BCUT2D eigenvalue weighted by atomic mass is 35.5. The zero-order valence-corrected chi connectivity index (χ0v) is 15.7. The van der Waals surface area contributed by atoms with Gasteiger partial charge in [0.15, 0.2) is 0 Å². The molecule has 7 heteroatoms. The molecule has 0 amide bonds. The minimum absolute atomic E-state index is 0. The van der Waals surface area contributed by atoms with Crippen LogP contribution in [0.3, 0.4) is 0 Å². The number of alkyl halides is 2. The monoisotopic (exact) mass is 402 g/mol. The molecule has 0 aliphatic carbocycles. The van der Waals surface area contributed by atoms with Crippen LogP contribution in [0.25, 0.3) is 0 Å². The molecular weight excluding hydrogens is 381 g/mol. The van der Waals surface area contributed by atoms with Crippen LogP contribution in [0.2, 0.25) is 5.02 Å². The first-order valence-corrected chi connectivity index (χ1v) is 8.76. The van der Waals surface area contributed by atoms with E-state index in [-0.39, 0.29) is 30.2 Å². The fourth-order valence-corrected chi connectivity index (χ4v) is 3.45. The molecule has 2 aromatic carbocycles. The second kappa shape index (κ2) is 10.1. The standard InChI is InChI=1S/C19H21ClF2N2O.ClH/c20-15-8-9-17(25-19(21)22)14(11-15)12-24-16-7-4-10-23-18(16)13-5-2-1-3-6-13;/h1-3,5-6,8-9,11,16,18-19,23-24H,4,7,10,12H2;1H/t16-,18-;/m0./s1. The average molecular weight is 403 g/mol. The zero-order valence-electron chi connectivity index (χ0n) is 14.1. The van der Waals surface area contributed by atoms with Crippen molar-refractivity contribution < 1.29 is 13.5 Å². The summed E-state index contributed by atoms with van der Waals surface area (Å²) < 4.78 is 29.8. The van der Waals surface area contributed by atoms with Crippen LogP contribution in [-0.2, 0) is 6.54 Å². The number of benzene rings is 2. The summed E-state index contributed by atoms with van der Waals surface area (Å²) in [5.41, 5.74) is 1.85. The highest BCUT2D eigenvalue weighted by Gasteiger charge is 2.25. The van der Waals surface area contributed by atoms with E-state index in [1.54, 1.807) is 12.1 Å². The van der Waals surface area contributed by atoms with Crippen LogP contribution in [0.4, 0.5) is 8.78 Å². The van der Waals surface area contributed by atoms with E-state index in [1.165, 1.54) is 11.6 Å². The van der Waals surface area contributed by atoms with E-state index < -0.39 is 6.61 Å². The largest absolute Gasteiger partial charge is 0.434 e. The van der Waals surface area contributed by atoms with E-state index in [4.69, 9.17) is 11.6 Å². The van der Waals surface area contributed by atoms with Gasteiger partial charge in [-0.05, 0) is 43.1 Å². The van der Waals surface area contributed by atoms with Crippen LogP contribution in [0.5, 0.6) is 5.75 Å². The Morgan fingerprint density at radius 1 is 1.19 bits per heavy atom. The van der Waals surface area contributed by atoms with Gasteiger partial charge in [-0.2, -0.15) is 8.78 Å². The van der Waals surface area contributed by atoms with Crippen molar-refractivity contribution >= 4 is 24.0 Å². The quantitative estimate of drug-likeness (QED) is 0.717. The number of hydrogen-bond acceptors (Lipinski definition) is 3. The summed E-state index contributed by atoms with van der Waals surface area (Å²) in [5, 5.41) is 7.52. The molecule has 3 nitrogen and oxygen atoms in total. The van der Waals surface area contributed by atoms with Crippen LogP contribution in [-0.4, -0.2) is 19.2 Å². The number of ether oxygens (including phenoxy) is 1. The van der Waals surface area contributed by atoms with E-state index >= 15 is 0 Å². The number of hydrogen-bond donors (Lipinski definition) is 2. The van der Waals surface area contributed by atoms with E-state index in [0.29, 0.717) is 17.1 Å². The van der Waals surface area contributed by atoms with Crippen LogP contribution in [0, 0.1) is 0 Å². The lowest BCUT2D eigenvalue weighted by atomic mass is 9.92. The van der Waals surface area contributed by atoms with Crippen molar-refractivity contribution in [3.05, 3.63) is 64.7 Å². The third-order valence-electron chi connectivity index (χ3n) is 4.41. The Labute approximate surface area is 163 Å². The lowest BCUT2D eigenvalue weighted by Crippen LogP contribution is -2.45. The number of rotatable bonds is 6. The Balaban J connectivity index is 0.00000243. The second-order valence-electron chi connectivity index (χ2n) is 6.10. The van der Waals surface area contributed by atoms with Crippen molar-refractivity contribution in [3.63, 3.8) is 0 Å². The minimum atomic E-state index is -2.85. The Kier molecular flexibility index (Phi) is 8.10. The first-order chi connectivity index (χ1) is 12.1. The zero-order chi connectivity index (χ0) is 17.6. The Bertz CT molecular complexity index is 688. The normalized spacial score (nSPS) is 19.8. The van der Waals surface area contributed by atoms with Crippen molar-refractivity contribution in [2.24, 2.45) is 0 Å². The molecule has 2 aromatic rings. The molecule has 0 saturated carbocycles. The first-order valence-electron chi connectivity index (χ1n) is 8.38. The summed E-state index contributed by atoms with van der Waals surface area (Å²) in [5.74, 6) is 0.159. The molecule has 1 heterocycles. The van der Waals surface area contributed by atoms with E-state index in [1.807, 2.05) is 18.2 Å². The van der Waals surface area contributed by atoms with E-state index in [0.717, 1.165) is 19.4 Å². The molecule has 26 heavy (non-hydrogen) atoms. The van der Waals surface area contributed by atoms with Gasteiger partial charge >= 0.3 is 6.61 Å². The molecule has 2 atom stereocenters. The molecule has 0 unspecified atom stereocenters. The van der Waals surface area contributed by atoms with Crippen LogP contribution >= 0.6 is 24.0 Å². The van der Waals surface area contributed by atoms with Gasteiger partial charge < -0.3 is 15.4 Å². The topological polar surface area (TPSA) is 33.3 Å². The maximum Gasteiger partial charge on any atom is 0.387 e. The van der Waals surface area contributed by atoms with E-state index in [9.17, 15) is 8.78 Å². The predicted molar refractivity (Wildman–Crippen MR) is 102 cm³/mol.